The molecule has 0 aliphatic heterocycles. The van der Waals surface area contributed by atoms with E-state index < -0.39 is 11.7 Å². The molecule has 2 fully saturated rings. The smallest absolute Gasteiger partial charge is 0.407 e. The third-order valence-corrected chi connectivity index (χ3v) is 4.33. The van der Waals surface area contributed by atoms with E-state index in [-0.39, 0.29) is 5.91 Å². The number of hydrogen-bond acceptors (Lipinski definition) is 3. The molecule has 3 atom stereocenters. The average Bonchev–Trinajstić information content (AvgIpc) is 2.94. The van der Waals surface area contributed by atoms with Gasteiger partial charge in [-0.2, -0.15) is 0 Å². The fraction of sp³-hybridized carbons (Fsp3) is 0.875. The standard InChI is InChI=1S/C16H28N2O3/c1-16(2,3)21-15(20)17-8-4-5-14(19)18-13-10-11-6-7-12(13)9-11/h11-13H,4-10H2,1-3H3,(H,17,20)(H,18,19). The highest BCUT2D eigenvalue weighted by molar-refractivity contribution is 5.76. The summed E-state index contributed by atoms with van der Waals surface area (Å²) < 4.78 is 5.14. The first-order chi connectivity index (χ1) is 9.83. The van der Waals surface area contributed by atoms with Crippen molar-refractivity contribution in [1.82, 2.24) is 10.6 Å². The highest BCUT2D eigenvalue weighted by Crippen LogP contribution is 2.44. The molecule has 120 valence electrons. The minimum Gasteiger partial charge on any atom is -0.444 e. The van der Waals surface area contributed by atoms with Gasteiger partial charge in [-0.1, -0.05) is 6.42 Å². The summed E-state index contributed by atoms with van der Waals surface area (Å²) in [6.07, 6.45) is 5.76. The van der Waals surface area contributed by atoms with Gasteiger partial charge in [0.1, 0.15) is 5.60 Å². The number of amides is 2. The van der Waals surface area contributed by atoms with Crippen LogP contribution in [0, 0.1) is 11.8 Å². The van der Waals surface area contributed by atoms with Crippen molar-refractivity contribution < 1.29 is 14.3 Å². The van der Waals surface area contributed by atoms with E-state index in [1.54, 1.807) is 0 Å². The summed E-state index contributed by atoms with van der Waals surface area (Å²) in [5.74, 6) is 1.66. The van der Waals surface area contributed by atoms with Crippen LogP contribution in [-0.2, 0) is 9.53 Å². The first kappa shape index (κ1) is 16.1. The Hall–Kier alpha value is -1.26. The second kappa shape index (κ2) is 6.67. The molecule has 5 heteroatoms. The Morgan fingerprint density at radius 2 is 1.95 bits per heavy atom. The number of alkyl carbamates (subject to hydrolysis) is 1. The van der Waals surface area contributed by atoms with Crippen LogP contribution in [-0.4, -0.2) is 30.2 Å². The van der Waals surface area contributed by atoms with Crippen LogP contribution < -0.4 is 10.6 Å². The second-order valence-electron chi connectivity index (χ2n) is 7.38. The zero-order valence-electron chi connectivity index (χ0n) is 13.4. The van der Waals surface area contributed by atoms with Gasteiger partial charge in [0.25, 0.3) is 0 Å². The molecular formula is C16H28N2O3. The van der Waals surface area contributed by atoms with E-state index >= 15 is 0 Å². The molecule has 2 aliphatic carbocycles. The number of hydrogen-bond donors (Lipinski definition) is 2. The molecule has 0 spiro atoms. The number of ether oxygens (including phenoxy) is 1. The van der Waals surface area contributed by atoms with Crippen LogP contribution in [0.25, 0.3) is 0 Å². The minimum atomic E-state index is -0.483. The van der Waals surface area contributed by atoms with Gasteiger partial charge in [-0.25, -0.2) is 4.79 Å². The van der Waals surface area contributed by atoms with Crippen molar-refractivity contribution in [2.75, 3.05) is 6.54 Å². The second-order valence-corrected chi connectivity index (χ2v) is 7.38. The molecule has 0 radical (unpaired) electrons. The van der Waals surface area contributed by atoms with Gasteiger partial charge in [0.15, 0.2) is 0 Å². The normalized spacial score (nSPS) is 27.5. The van der Waals surface area contributed by atoms with Crippen molar-refractivity contribution in [3.05, 3.63) is 0 Å². The maximum atomic E-state index is 11.9. The van der Waals surface area contributed by atoms with Crippen LogP contribution in [0.3, 0.4) is 0 Å². The van der Waals surface area contributed by atoms with Gasteiger partial charge in [0.05, 0.1) is 0 Å². The first-order valence-electron chi connectivity index (χ1n) is 8.10. The molecule has 2 amide bonds. The van der Waals surface area contributed by atoms with Crippen molar-refractivity contribution in [3.63, 3.8) is 0 Å². The molecule has 5 nitrogen and oxygen atoms in total. The number of carbonyl (C=O) groups excluding carboxylic acids is 2. The Morgan fingerprint density at radius 3 is 2.52 bits per heavy atom. The van der Waals surface area contributed by atoms with E-state index in [1.807, 2.05) is 20.8 Å². The van der Waals surface area contributed by atoms with Crippen molar-refractivity contribution in [2.45, 2.75) is 70.9 Å². The molecule has 2 N–H and O–H groups in total. The molecule has 2 saturated carbocycles. The van der Waals surface area contributed by atoms with Crippen LogP contribution >= 0.6 is 0 Å². The molecule has 0 aromatic heterocycles. The van der Waals surface area contributed by atoms with E-state index in [0.717, 1.165) is 12.3 Å². The lowest BCUT2D eigenvalue weighted by molar-refractivity contribution is -0.122. The lowest BCUT2D eigenvalue weighted by atomic mass is 9.95. The summed E-state index contributed by atoms with van der Waals surface area (Å²) in [6, 6.07) is 0.398. The van der Waals surface area contributed by atoms with Crippen molar-refractivity contribution in [2.24, 2.45) is 11.8 Å². The maximum absolute atomic E-state index is 11.9. The highest BCUT2D eigenvalue weighted by Gasteiger charge is 2.39. The van der Waals surface area contributed by atoms with Gasteiger partial charge in [-0.15, -0.1) is 0 Å². The molecule has 3 unspecified atom stereocenters. The summed E-state index contributed by atoms with van der Waals surface area (Å²) in [6.45, 7) is 5.96. The van der Waals surface area contributed by atoms with Crippen molar-refractivity contribution >= 4 is 12.0 Å². The van der Waals surface area contributed by atoms with Gasteiger partial charge < -0.3 is 15.4 Å². The van der Waals surface area contributed by atoms with Crippen molar-refractivity contribution in [3.8, 4) is 0 Å². The highest BCUT2D eigenvalue weighted by atomic mass is 16.6. The summed E-state index contributed by atoms with van der Waals surface area (Å²) in [7, 11) is 0. The quantitative estimate of drug-likeness (QED) is 0.766. The number of nitrogens with one attached hydrogen (secondary N) is 2. The molecule has 0 saturated heterocycles. The molecule has 2 bridgehead atoms. The minimum absolute atomic E-state index is 0.110. The number of fused-ring (bicyclic) bond motifs is 2. The van der Waals surface area contributed by atoms with Gasteiger partial charge in [0.2, 0.25) is 5.91 Å². The zero-order chi connectivity index (χ0) is 15.5. The Morgan fingerprint density at radius 1 is 1.19 bits per heavy atom. The Bertz CT molecular complexity index is 389. The molecule has 2 rings (SSSR count). The van der Waals surface area contributed by atoms with E-state index in [4.69, 9.17) is 4.74 Å². The molecule has 2 aliphatic rings. The van der Waals surface area contributed by atoms with Crippen LogP contribution in [0.15, 0.2) is 0 Å². The first-order valence-corrected chi connectivity index (χ1v) is 8.10. The fourth-order valence-electron chi connectivity index (χ4n) is 3.45. The lowest BCUT2D eigenvalue weighted by Crippen LogP contribution is -2.39. The molecule has 0 aromatic rings. The molecule has 0 aromatic carbocycles. The molecule has 21 heavy (non-hydrogen) atoms. The van der Waals surface area contributed by atoms with E-state index in [9.17, 15) is 9.59 Å². The summed E-state index contributed by atoms with van der Waals surface area (Å²) in [4.78, 5) is 23.3. The average molecular weight is 296 g/mol. The van der Waals surface area contributed by atoms with E-state index in [1.165, 1.54) is 19.3 Å². The van der Waals surface area contributed by atoms with Crippen LogP contribution in [0.1, 0.15) is 59.3 Å². The molecule has 0 heterocycles. The zero-order valence-corrected chi connectivity index (χ0v) is 13.4. The predicted octanol–water partition coefficient (Wildman–Crippen LogP) is 2.60. The number of rotatable bonds is 5. The lowest BCUT2D eigenvalue weighted by Gasteiger charge is -2.23. The van der Waals surface area contributed by atoms with Crippen LogP contribution in [0.5, 0.6) is 0 Å². The third kappa shape index (κ3) is 5.21. The van der Waals surface area contributed by atoms with Crippen molar-refractivity contribution in [1.29, 1.82) is 0 Å². The largest absolute Gasteiger partial charge is 0.444 e. The predicted molar refractivity (Wildman–Crippen MR) is 80.8 cm³/mol. The maximum Gasteiger partial charge on any atom is 0.407 e. The van der Waals surface area contributed by atoms with Crippen LogP contribution in [0.2, 0.25) is 0 Å². The molecular weight excluding hydrogens is 268 g/mol. The Balaban J connectivity index is 1.54. The SMILES string of the molecule is CC(C)(C)OC(=O)NCCCC(=O)NC1CC2CCC1C2. The van der Waals surface area contributed by atoms with Gasteiger partial charge >= 0.3 is 6.09 Å². The number of carbonyl (C=O) groups is 2. The van der Waals surface area contributed by atoms with Gasteiger partial charge in [0, 0.05) is 19.0 Å². The Labute approximate surface area is 127 Å². The van der Waals surface area contributed by atoms with Gasteiger partial charge in [-0.3, -0.25) is 4.79 Å². The summed E-state index contributed by atoms with van der Waals surface area (Å²) in [5, 5.41) is 5.83. The van der Waals surface area contributed by atoms with Gasteiger partial charge in [-0.05, 0) is 58.3 Å². The summed E-state index contributed by atoms with van der Waals surface area (Å²) >= 11 is 0. The van der Waals surface area contributed by atoms with Crippen LogP contribution in [0.4, 0.5) is 4.79 Å². The fourth-order valence-corrected chi connectivity index (χ4v) is 3.45. The van der Waals surface area contributed by atoms with E-state index in [0.29, 0.717) is 31.3 Å². The monoisotopic (exact) mass is 296 g/mol. The Kier molecular flexibility index (Phi) is 5.12. The topological polar surface area (TPSA) is 67.4 Å². The third-order valence-electron chi connectivity index (χ3n) is 4.33. The van der Waals surface area contributed by atoms with E-state index in [2.05, 4.69) is 10.6 Å². The summed E-state index contributed by atoms with van der Waals surface area (Å²) in [5.41, 5.74) is -0.483.